The summed E-state index contributed by atoms with van der Waals surface area (Å²) in [6.45, 7) is 4.76. The molecule has 0 aliphatic rings. The lowest BCUT2D eigenvalue weighted by atomic mass is 10.2. The van der Waals surface area contributed by atoms with Crippen LogP contribution in [0.15, 0.2) is 24.3 Å². The van der Waals surface area contributed by atoms with Crippen LogP contribution in [0.4, 0.5) is 5.69 Å². The molecule has 1 unspecified atom stereocenters. The van der Waals surface area contributed by atoms with Crippen molar-refractivity contribution >= 4 is 5.69 Å². The van der Waals surface area contributed by atoms with Crippen LogP contribution in [-0.2, 0) is 4.74 Å². The standard InChI is InChI=1S/C13H19N5O/c1-10(7-8-19-3)14-12-5-4-6-13(9-12)18-11(2)15-16-17-18/h4-6,9-10,14H,7-8H2,1-3H3. The number of methoxy groups -OCH3 is 1. The molecule has 1 atom stereocenters. The minimum absolute atomic E-state index is 0.352. The van der Waals surface area contributed by atoms with Crippen molar-refractivity contribution in [2.45, 2.75) is 26.3 Å². The van der Waals surface area contributed by atoms with Gasteiger partial charge in [-0.05, 0) is 48.9 Å². The van der Waals surface area contributed by atoms with E-state index >= 15 is 0 Å². The number of rotatable bonds is 6. The Morgan fingerprint density at radius 3 is 2.95 bits per heavy atom. The monoisotopic (exact) mass is 261 g/mol. The van der Waals surface area contributed by atoms with Crippen molar-refractivity contribution < 1.29 is 4.74 Å². The van der Waals surface area contributed by atoms with Gasteiger partial charge in [-0.25, -0.2) is 0 Å². The molecule has 0 bridgehead atoms. The zero-order chi connectivity index (χ0) is 13.7. The fourth-order valence-electron chi connectivity index (χ4n) is 1.85. The van der Waals surface area contributed by atoms with E-state index in [2.05, 4.69) is 27.8 Å². The van der Waals surface area contributed by atoms with Gasteiger partial charge >= 0.3 is 0 Å². The fraction of sp³-hybridized carbons (Fsp3) is 0.462. The van der Waals surface area contributed by atoms with Gasteiger partial charge in [-0.15, -0.1) is 5.10 Å². The quantitative estimate of drug-likeness (QED) is 0.859. The van der Waals surface area contributed by atoms with Gasteiger partial charge in [0.05, 0.1) is 5.69 Å². The molecule has 0 aliphatic heterocycles. The molecule has 1 N–H and O–H groups in total. The zero-order valence-corrected chi connectivity index (χ0v) is 11.5. The number of aromatic nitrogens is 4. The Kier molecular flexibility index (Phi) is 4.46. The lowest BCUT2D eigenvalue weighted by Crippen LogP contribution is -2.17. The molecule has 0 aliphatic carbocycles. The number of ether oxygens (including phenoxy) is 1. The van der Waals surface area contributed by atoms with Crippen molar-refractivity contribution in [3.05, 3.63) is 30.1 Å². The largest absolute Gasteiger partial charge is 0.385 e. The van der Waals surface area contributed by atoms with Crippen LogP contribution in [0, 0.1) is 6.92 Å². The first-order valence-electron chi connectivity index (χ1n) is 6.31. The van der Waals surface area contributed by atoms with Crippen molar-refractivity contribution in [1.82, 2.24) is 20.2 Å². The summed E-state index contributed by atoms with van der Waals surface area (Å²) in [6, 6.07) is 8.39. The van der Waals surface area contributed by atoms with Crippen molar-refractivity contribution in [2.24, 2.45) is 0 Å². The third-order valence-corrected chi connectivity index (χ3v) is 2.88. The fourth-order valence-corrected chi connectivity index (χ4v) is 1.85. The van der Waals surface area contributed by atoms with Gasteiger partial charge in [0.1, 0.15) is 0 Å². The summed E-state index contributed by atoms with van der Waals surface area (Å²) >= 11 is 0. The van der Waals surface area contributed by atoms with Gasteiger partial charge in [-0.1, -0.05) is 6.07 Å². The number of benzene rings is 1. The Bertz CT molecular complexity index is 525. The number of hydrogen-bond acceptors (Lipinski definition) is 5. The van der Waals surface area contributed by atoms with E-state index in [1.54, 1.807) is 11.8 Å². The first kappa shape index (κ1) is 13.5. The Morgan fingerprint density at radius 2 is 2.26 bits per heavy atom. The van der Waals surface area contributed by atoms with E-state index in [0.717, 1.165) is 30.2 Å². The second kappa shape index (κ2) is 6.29. The molecule has 19 heavy (non-hydrogen) atoms. The number of nitrogens with zero attached hydrogens (tertiary/aromatic N) is 4. The molecule has 1 aromatic heterocycles. The summed E-state index contributed by atoms with van der Waals surface area (Å²) in [4.78, 5) is 0. The van der Waals surface area contributed by atoms with Crippen molar-refractivity contribution in [1.29, 1.82) is 0 Å². The van der Waals surface area contributed by atoms with E-state index in [4.69, 9.17) is 4.74 Å². The summed E-state index contributed by atoms with van der Waals surface area (Å²) in [5.74, 6) is 0.768. The van der Waals surface area contributed by atoms with Crippen LogP contribution in [0.5, 0.6) is 0 Å². The topological polar surface area (TPSA) is 64.9 Å². The van der Waals surface area contributed by atoms with Crippen LogP contribution < -0.4 is 5.32 Å². The van der Waals surface area contributed by atoms with Gasteiger partial charge in [0.15, 0.2) is 5.82 Å². The third kappa shape index (κ3) is 3.51. The van der Waals surface area contributed by atoms with E-state index in [9.17, 15) is 0 Å². The number of tetrazole rings is 1. The van der Waals surface area contributed by atoms with E-state index in [-0.39, 0.29) is 0 Å². The summed E-state index contributed by atoms with van der Waals surface area (Å²) in [5.41, 5.74) is 2.00. The lowest BCUT2D eigenvalue weighted by Gasteiger charge is -2.15. The van der Waals surface area contributed by atoms with Gasteiger partial charge in [-0.3, -0.25) is 0 Å². The molecule has 0 spiro atoms. The Morgan fingerprint density at radius 1 is 1.42 bits per heavy atom. The Labute approximate surface area is 112 Å². The Balaban J connectivity index is 2.09. The predicted octanol–water partition coefficient (Wildman–Crippen LogP) is 1.81. The third-order valence-electron chi connectivity index (χ3n) is 2.88. The normalized spacial score (nSPS) is 12.4. The van der Waals surface area contributed by atoms with Crippen LogP contribution in [0.3, 0.4) is 0 Å². The molecule has 1 aromatic carbocycles. The zero-order valence-electron chi connectivity index (χ0n) is 11.5. The van der Waals surface area contributed by atoms with Crippen molar-refractivity contribution in [3.8, 4) is 5.69 Å². The molecule has 0 saturated carbocycles. The van der Waals surface area contributed by atoms with Gasteiger partial charge in [-0.2, -0.15) is 4.68 Å². The van der Waals surface area contributed by atoms with Gasteiger partial charge < -0.3 is 10.1 Å². The first-order valence-corrected chi connectivity index (χ1v) is 6.31. The van der Waals surface area contributed by atoms with Crippen LogP contribution in [0.25, 0.3) is 5.69 Å². The van der Waals surface area contributed by atoms with Gasteiger partial charge in [0.25, 0.3) is 0 Å². The molecule has 0 saturated heterocycles. The van der Waals surface area contributed by atoms with Crippen LogP contribution in [-0.4, -0.2) is 40.0 Å². The van der Waals surface area contributed by atoms with Crippen LogP contribution in [0.2, 0.25) is 0 Å². The average Bonchev–Trinajstić information content (AvgIpc) is 2.83. The molecule has 102 valence electrons. The summed E-state index contributed by atoms with van der Waals surface area (Å²) in [5, 5.41) is 14.9. The van der Waals surface area contributed by atoms with Gasteiger partial charge in [0, 0.05) is 25.4 Å². The van der Waals surface area contributed by atoms with E-state index < -0.39 is 0 Å². The number of hydrogen-bond donors (Lipinski definition) is 1. The highest BCUT2D eigenvalue weighted by Crippen LogP contribution is 2.16. The first-order chi connectivity index (χ1) is 9.20. The highest BCUT2D eigenvalue weighted by atomic mass is 16.5. The Hall–Kier alpha value is -1.95. The molecule has 0 radical (unpaired) electrons. The maximum atomic E-state index is 5.08. The predicted molar refractivity (Wildman–Crippen MR) is 73.5 cm³/mol. The summed E-state index contributed by atoms with van der Waals surface area (Å²) in [7, 11) is 1.72. The molecular formula is C13H19N5O. The summed E-state index contributed by atoms with van der Waals surface area (Å²) in [6.07, 6.45) is 0.963. The van der Waals surface area contributed by atoms with E-state index in [1.165, 1.54) is 0 Å². The number of anilines is 1. The SMILES string of the molecule is COCCC(C)Nc1cccc(-n2nnnc2C)c1. The molecular weight excluding hydrogens is 242 g/mol. The molecule has 0 fully saturated rings. The molecule has 0 amide bonds. The highest BCUT2D eigenvalue weighted by Gasteiger charge is 2.06. The van der Waals surface area contributed by atoms with Crippen LogP contribution >= 0.6 is 0 Å². The number of aryl methyl sites for hydroxylation is 1. The van der Waals surface area contributed by atoms with E-state index in [0.29, 0.717) is 6.04 Å². The smallest absolute Gasteiger partial charge is 0.153 e. The molecule has 6 heteroatoms. The maximum absolute atomic E-state index is 5.08. The summed E-state index contributed by atoms with van der Waals surface area (Å²) < 4.78 is 6.79. The van der Waals surface area contributed by atoms with E-state index in [1.807, 2.05) is 31.2 Å². The minimum atomic E-state index is 0.352. The second-order valence-corrected chi connectivity index (χ2v) is 4.52. The van der Waals surface area contributed by atoms with Crippen molar-refractivity contribution in [3.63, 3.8) is 0 Å². The highest BCUT2D eigenvalue weighted by molar-refractivity contribution is 5.51. The minimum Gasteiger partial charge on any atom is -0.385 e. The maximum Gasteiger partial charge on any atom is 0.153 e. The van der Waals surface area contributed by atoms with Crippen LogP contribution in [0.1, 0.15) is 19.2 Å². The molecule has 6 nitrogen and oxygen atoms in total. The molecule has 2 rings (SSSR count). The number of nitrogens with one attached hydrogen (secondary N) is 1. The average molecular weight is 261 g/mol. The van der Waals surface area contributed by atoms with Crippen molar-refractivity contribution in [2.75, 3.05) is 19.0 Å². The molecule has 2 aromatic rings. The second-order valence-electron chi connectivity index (χ2n) is 4.52. The van der Waals surface area contributed by atoms with Gasteiger partial charge in [0.2, 0.25) is 0 Å². The lowest BCUT2D eigenvalue weighted by molar-refractivity contribution is 0.191. The molecule has 1 heterocycles.